The van der Waals surface area contributed by atoms with Gasteiger partial charge in [-0.05, 0) is 28.1 Å². The van der Waals surface area contributed by atoms with Crippen LogP contribution in [0.4, 0.5) is 0 Å². The maximum Gasteiger partial charge on any atom is 0.186 e. The third-order valence-corrected chi connectivity index (χ3v) is 2.54. The summed E-state index contributed by atoms with van der Waals surface area (Å²) in [6.07, 6.45) is 0. The van der Waals surface area contributed by atoms with Crippen LogP contribution in [0.1, 0.15) is 0 Å². The second-order valence-corrected chi connectivity index (χ2v) is 3.52. The van der Waals surface area contributed by atoms with Gasteiger partial charge in [0.15, 0.2) is 9.76 Å². The monoisotopic (exact) mass is 257 g/mol. The van der Waals surface area contributed by atoms with Crippen molar-refractivity contribution in [2.45, 2.75) is 0 Å². The molecule has 0 saturated carbocycles. The zero-order valence-electron chi connectivity index (χ0n) is 6.48. The summed E-state index contributed by atoms with van der Waals surface area (Å²) in [5.74, 6) is 0. The average molecular weight is 259 g/mol. The minimum absolute atomic E-state index is 0.365. The van der Waals surface area contributed by atoms with E-state index < -0.39 is 0 Å². The van der Waals surface area contributed by atoms with Crippen LogP contribution in [0.2, 0.25) is 5.15 Å². The van der Waals surface area contributed by atoms with Gasteiger partial charge in [0.05, 0.1) is 5.69 Å². The molecule has 2 aromatic rings. The highest BCUT2D eigenvalue weighted by Crippen LogP contribution is 2.18. The lowest BCUT2D eigenvalue weighted by molar-refractivity contribution is 0.748. The van der Waals surface area contributed by atoms with Crippen molar-refractivity contribution in [1.29, 1.82) is 0 Å². The molecule has 0 N–H and O–H groups in total. The molecule has 0 amide bonds. The SMILES string of the molecule is Clc1nn(-c2ccccc2)nc1Br. The highest BCUT2D eigenvalue weighted by atomic mass is 79.9. The Kier molecular flexibility index (Phi) is 2.33. The quantitative estimate of drug-likeness (QED) is 0.787. The van der Waals surface area contributed by atoms with Crippen LogP contribution < -0.4 is 0 Å². The molecule has 0 radical (unpaired) electrons. The van der Waals surface area contributed by atoms with Gasteiger partial charge in [0, 0.05) is 0 Å². The van der Waals surface area contributed by atoms with E-state index in [1.807, 2.05) is 30.3 Å². The Hall–Kier alpha value is -0.870. The van der Waals surface area contributed by atoms with Crippen LogP contribution in [0.5, 0.6) is 0 Å². The van der Waals surface area contributed by atoms with E-state index in [4.69, 9.17) is 11.6 Å². The molecule has 0 fully saturated rings. The summed E-state index contributed by atoms with van der Waals surface area (Å²) < 4.78 is 0.554. The summed E-state index contributed by atoms with van der Waals surface area (Å²) in [5, 5.41) is 8.44. The van der Waals surface area contributed by atoms with E-state index in [2.05, 4.69) is 26.1 Å². The third-order valence-electron chi connectivity index (χ3n) is 1.52. The standard InChI is InChI=1S/C8H5BrClN3/c9-7-8(10)12-13(11-7)6-4-2-1-3-5-6/h1-5H. The van der Waals surface area contributed by atoms with E-state index in [1.165, 1.54) is 4.80 Å². The van der Waals surface area contributed by atoms with Crippen molar-refractivity contribution in [2.75, 3.05) is 0 Å². The number of hydrogen-bond donors (Lipinski definition) is 0. The molecule has 0 spiro atoms. The van der Waals surface area contributed by atoms with Crippen LogP contribution in [0.15, 0.2) is 34.9 Å². The first-order chi connectivity index (χ1) is 6.27. The summed E-state index contributed by atoms with van der Waals surface area (Å²) in [4.78, 5) is 1.48. The van der Waals surface area contributed by atoms with Gasteiger partial charge in [-0.1, -0.05) is 29.8 Å². The molecule has 5 heteroatoms. The zero-order chi connectivity index (χ0) is 9.26. The number of para-hydroxylation sites is 1. The number of halogens is 2. The maximum atomic E-state index is 5.74. The van der Waals surface area contributed by atoms with E-state index in [-0.39, 0.29) is 0 Å². The molecule has 0 unspecified atom stereocenters. The lowest BCUT2D eigenvalue weighted by Gasteiger charge is -1.95. The zero-order valence-corrected chi connectivity index (χ0v) is 8.83. The van der Waals surface area contributed by atoms with Gasteiger partial charge >= 0.3 is 0 Å². The van der Waals surface area contributed by atoms with Gasteiger partial charge in [-0.25, -0.2) is 0 Å². The Bertz CT molecular complexity index is 393. The molecule has 0 bridgehead atoms. The van der Waals surface area contributed by atoms with Crippen LogP contribution in [0.25, 0.3) is 5.69 Å². The number of benzene rings is 1. The molecule has 13 heavy (non-hydrogen) atoms. The van der Waals surface area contributed by atoms with Crippen LogP contribution in [0, 0.1) is 0 Å². The van der Waals surface area contributed by atoms with Gasteiger partial charge in [0.2, 0.25) is 0 Å². The molecule has 3 nitrogen and oxygen atoms in total. The Balaban J connectivity index is 2.48. The lowest BCUT2D eigenvalue weighted by Crippen LogP contribution is -1.97. The van der Waals surface area contributed by atoms with Crippen molar-refractivity contribution in [3.05, 3.63) is 40.1 Å². The first-order valence-electron chi connectivity index (χ1n) is 3.61. The van der Waals surface area contributed by atoms with Crippen molar-refractivity contribution in [1.82, 2.24) is 15.0 Å². The Morgan fingerprint density at radius 1 is 1.15 bits per heavy atom. The van der Waals surface area contributed by atoms with Crippen molar-refractivity contribution < 1.29 is 0 Å². The van der Waals surface area contributed by atoms with Crippen molar-refractivity contribution >= 4 is 27.5 Å². The highest BCUT2D eigenvalue weighted by molar-refractivity contribution is 9.10. The summed E-state index contributed by atoms with van der Waals surface area (Å²) in [5.41, 5.74) is 0.884. The second kappa shape index (κ2) is 3.47. The minimum Gasteiger partial charge on any atom is -0.149 e. The summed E-state index contributed by atoms with van der Waals surface area (Å²) in [6.45, 7) is 0. The molecule has 0 aliphatic carbocycles. The van der Waals surface area contributed by atoms with Crippen LogP contribution in [0.3, 0.4) is 0 Å². The molecule has 1 aromatic carbocycles. The van der Waals surface area contributed by atoms with Crippen LogP contribution >= 0.6 is 27.5 Å². The van der Waals surface area contributed by atoms with Crippen LogP contribution in [-0.2, 0) is 0 Å². The lowest BCUT2D eigenvalue weighted by atomic mass is 10.3. The molecule has 0 aliphatic heterocycles. The fraction of sp³-hybridized carbons (Fsp3) is 0. The van der Waals surface area contributed by atoms with E-state index in [0.717, 1.165) is 5.69 Å². The summed E-state index contributed by atoms with van der Waals surface area (Å²) in [6, 6.07) is 9.58. The fourth-order valence-electron chi connectivity index (χ4n) is 0.948. The van der Waals surface area contributed by atoms with Gasteiger partial charge in [-0.15, -0.1) is 15.0 Å². The number of hydrogen-bond acceptors (Lipinski definition) is 2. The van der Waals surface area contributed by atoms with Gasteiger partial charge < -0.3 is 0 Å². The molecular formula is C8H5BrClN3. The first kappa shape index (κ1) is 8.72. The molecule has 1 heterocycles. The van der Waals surface area contributed by atoms with E-state index in [9.17, 15) is 0 Å². The summed E-state index contributed by atoms with van der Waals surface area (Å²) in [7, 11) is 0. The molecule has 0 saturated heterocycles. The summed E-state index contributed by atoms with van der Waals surface area (Å²) >= 11 is 8.92. The normalized spacial score (nSPS) is 10.3. The number of nitrogens with zero attached hydrogens (tertiary/aromatic N) is 3. The second-order valence-electron chi connectivity index (χ2n) is 2.41. The predicted octanol–water partition coefficient (Wildman–Crippen LogP) is 2.68. The molecule has 1 aromatic heterocycles. The topological polar surface area (TPSA) is 30.7 Å². The Labute approximate surface area is 88.5 Å². The van der Waals surface area contributed by atoms with Crippen LogP contribution in [-0.4, -0.2) is 15.0 Å². The first-order valence-corrected chi connectivity index (χ1v) is 4.78. The Morgan fingerprint density at radius 2 is 1.85 bits per heavy atom. The van der Waals surface area contributed by atoms with Gasteiger partial charge in [0.1, 0.15) is 0 Å². The van der Waals surface area contributed by atoms with Crippen molar-refractivity contribution in [3.8, 4) is 5.69 Å². The maximum absolute atomic E-state index is 5.74. The van der Waals surface area contributed by atoms with Gasteiger partial charge in [0.25, 0.3) is 0 Å². The molecule has 0 atom stereocenters. The molecule has 0 aliphatic rings. The largest absolute Gasteiger partial charge is 0.186 e. The third kappa shape index (κ3) is 1.73. The minimum atomic E-state index is 0.365. The molecule has 2 rings (SSSR count). The van der Waals surface area contributed by atoms with E-state index >= 15 is 0 Å². The molecule has 66 valence electrons. The number of rotatable bonds is 1. The Morgan fingerprint density at radius 3 is 2.38 bits per heavy atom. The molecular weight excluding hydrogens is 253 g/mol. The number of aromatic nitrogens is 3. The smallest absolute Gasteiger partial charge is 0.149 e. The predicted molar refractivity (Wildman–Crippen MR) is 54.1 cm³/mol. The van der Waals surface area contributed by atoms with E-state index in [1.54, 1.807) is 0 Å². The average Bonchev–Trinajstić information content (AvgIpc) is 2.49. The van der Waals surface area contributed by atoms with E-state index in [0.29, 0.717) is 9.76 Å². The van der Waals surface area contributed by atoms with Gasteiger partial charge in [-0.3, -0.25) is 0 Å². The van der Waals surface area contributed by atoms with Crippen molar-refractivity contribution in [2.24, 2.45) is 0 Å². The van der Waals surface area contributed by atoms with Gasteiger partial charge in [-0.2, -0.15) is 0 Å². The highest BCUT2D eigenvalue weighted by Gasteiger charge is 2.05. The van der Waals surface area contributed by atoms with Crippen molar-refractivity contribution in [3.63, 3.8) is 0 Å². The fourth-order valence-corrected chi connectivity index (χ4v) is 1.29.